The Balaban J connectivity index is 1.92. The van der Waals surface area contributed by atoms with Crippen molar-refractivity contribution < 1.29 is 4.74 Å². The number of nitrogens with two attached hydrogens (primary N) is 1. The van der Waals surface area contributed by atoms with Crippen LogP contribution >= 0.6 is 0 Å². The molecule has 1 saturated heterocycles. The summed E-state index contributed by atoms with van der Waals surface area (Å²) in [5.41, 5.74) is 6.42. The predicted octanol–water partition coefficient (Wildman–Crippen LogP) is 2.93. The first kappa shape index (κ1) is 15.3. The minimum absolute atomic E-state index is 0.237. The van der Waals surface area contributed by atoms with Gasteiger partial charge in [0.25, 0.3) is 0 Å². The average molecular weight is 268 g/mol. The molecule has 0 spiro atoms. The lowest BCUT2D eigenvalue weighted by Crippen LogP contribution is -2.54. The van der Waals surface area contributed by atoms with Crippen molar-refractivity contribution in [1.82, 2.24) is 4.90 Å². The molecule has 1 unspecified atom stereocenters. The number of rotatable bonds is 4. The molecule has 0 aromatic carbocycles. The van der Waals surface area contributed by atoms with E-state index in [2.05, 4.69) is 11.9 Å². The fourth-order valence-electron chi connectivity index (χ4n) is 3.76. The predicted molar refractivity (Wildman–Crippen MR) is 80.3 cm³/mol. The Kier molecular flexibility index (Phi) is 6.11. The molecule has 0 amide bonds. The summed E-state index contributed by atoms with van der Waals surface area (Å²) in [5, 5.41) is 0. The molecule has 2 rings (SSSR count). The van der Waals surface area contributed by atoms with Crippen LogP contribution in [0.2, 0.25) is 0 Å². The summed E-state index contributed by atoms with van der Waals surface area (Å²) < 4.78 is 5.90. The highest BCUT2D eigenvalue weighted by Gasteiger charge is 2.34. The number of likely N-dealkylation sites (N-methyl/N-ethyl adjacent to an activating group) is 1. The molecule has 1 aliphatic heterocycles. The summed E-state index contributed by atoms with van der Waals surface area (Å²) in [6, 6.07) is 0. The van der Waals surface area contributed by atoms with Gasteiger partial charge in [0.2, 0.25) is 0 Å². The maximum absolute atomic E-state index is 6.18. The monoisotopic (exact) mass is 268 g/mol. The summed E-state index contributed by atoms with van der Waals surface area (Å²) in [6.45, 7) is 2.82. The number of nitrogens with zero attached hydrogens (tertiary/aromatic N) is 1. The Morgan fingerprint density at radius 3 is 2.32 bits per heavy atom. The SMILES string of the molecule is CN(CC1CCCCO1)C1(CN)CCCCCCC1. The molecule has 0 bridgehead atoms. The van der Waals surface area contributed by atoms with Crippen LogP contribution in [0.3, 0.4) is 0 Å². The lowest BCUT2D eigenvalue weighted by Gasteiger charge is -2.44. The summed E-state index contributed by atoms with van der Waals surface area (Å²) in [7, 11) is 2.27. The van der Waals surface area contributed by atoms with E-state index in [-0.39, 0.29) is 5.54 Å². The number of hydrogen-bond donors (Lipinski definition) is 1. The van der Waals surface area contributed by atoms with Crippen molar-refractivity contribution in [2.75, 3.05) is 26.7 Å². The lowest BCUT2D eigenvalue weighted by molar-refractivity contribution is -0.0274. The van der Waals surface area contributed by atoms with Crippen LogP contribution in [0.1, 0.15) is 64.2 Å². The standard InChI is InChI=1S/C16H32N2O/c1-18(13-15-9-5-8-12-19-15)16(14-17)10-6-3-2-4-7-11-16/h15H,2-14,17H2,1H3. The third kappa shape index (κ3) is 4.17. The first-order chi connectivity index (χ1) is 9.27. The van der Waals surface area contributed by atoms with Gasteiger partial charge in [-0.1, -0.05) is 32.1 Å². The summed E-state index contributed by atoms with van der Waals surface area (Å²) >= 11 is 0. The Hall–Kier alpha value is -0.120. The van der Waals surface area contributed by atoms with E-state index in [1.54, 1.807) is 0 Å². The molecule has 2 aliphatic rings. The van der Waals surface area contributed by atoms with Gasteiger partial charge in [0.15, 0.2) is 0 Å². The third-order valence-electron chi connectivity index (χ3n) is 5.23. The zero-order chi connectivity index (χ0) is 13.6. The first-order valence-corrected chi connectivity index (χ1v) is 8.30. The Morgan fingerprint density at radius 2 is 1.74 bits per heavy atom. The Morgan fingerprint density at radius 1 is 1.05 bits per heavy atom. The lowest BCUT2D eigenvalue weighted by atomic mass is 9.82. The van der Waals surface area contributed by atoms with Crippen molar-refractivity contribution in [3.63, 3.8) is 0 Å². The third-order valence-corrected chi connectivity index (χ3v) is 5.23. The molecule has 1 aliphatic carbocycles. The van der Waals surface area contributed by atoms with Crippen molar-refractivity contribution in [1.29, 1.82) is 0 Å². The molecule has 112 valence electrons. The second kappa shape index (κ2) is 7.61. The van der Waals surface area contributed by atoms with Gasteiger partial charge in [-0.25, -0.2) is 0 Å². The van der Waals surface area contributed by atoms with E-state index < -0.39 is 0 Å². The van der Waals surface area contributed by atoms with Gasteiger partial charge in [-0.05, 0) is 39.2 Å². The van der Waals surface area contributed by atoms with Crippen molar-refractivity contribution >= 4 is 0 Å². The summed E-state index contributed by atoms with van der Waals surface area (Å²) in [6.07, 6.45) is 13.6. The first-order valence-electron chi connectivity index (χ1n) is 8.30. The van der Waals surface area contributed by atoms with E-state index in [1.807, 2.05) is 0 Å². The van der Waals surface area contributed by atoms with Gasteiger partial charge in [-0.15, -0.1) is 0 Å². The van der Waals surface area contributed by atoms with Crippen LogP contribution in [0.25, 0.3) is 0 Å². The molecule has 0 aromatic heterocycles. The molecule has 3 heteroatoms. The Bertz CT molecular complexity index is 243. The average Bonchev–Trinajstić information content (AvgIpc) is 2.40. The van der Waals surface area contributed by atoms with Crippen LogP contribution in [-0.2, 0) is 4.74 Å². The highest BCUT2D eigenvalue weighted by molar-refractivity contribution is 4.92. The number of ether oxygens (including phenoxy) is 1. The number of hydrogen-bond acceptors (Lipinski definition) is 3. The van der Waals surface area contributed by atoms with E-state index in [9.17, 15) is 0 Å². The van der Waals surface area contributed by atoms with Crippen molar-refractivity contribution in [3.05, 3.63) is 0 Å². The van der Waals surface area contributed by atoms with E-state index in [0.717, 1.165) is 19.7 Å². The van der Waals surface area contributed by atoms with Crippen LogP contribution < -0.4 is 5.73 Å². The van der Waals surface area contributed by atoms with Gasteiger partial charge in [-0.3, -0.25) is 4.90 Å². The molecular weight excluding hydrogens is 236 g/mol. The molecule has 0 aromatic rings. The smallest absolute Gasteiger partial charge is 0.0702 e. The molecule has 1 saturated carbocycles. The molecule has 0 radical (unpaired) electrons. The van der Waals surface area contributed by atoms with Crippen LogP contribution in [0.15, 0.2) is 0 Å². The van der Waals surface area contributed by atoms with Crippen LogP contribution in [0.5, 0.6) is 0 Å². The van der Waals surface area contributed by atoms with Crippen LogP contribution in [-0.4, -0.2) is 43.3 Å². The molecule has 1 heterocycles. The fourth-order valence-corrected chi connectivity index (χ4v) is 3.76. The van der Waals surface area contributed by atoms with E-state index in [0.29, 0.717) is 6.10 Å². The highest BCUT2D eigenvalue weighted by atomic mass is 16.5. The highest BCUT2D eigenvalue weighted by Crippen LogP contribution is 2.31. The van der Waals surface area contributed by atoms with Gasteiger partial charge in [0.05, 0.1) is 6.10 Å². The van der Waals surface area contributed by atoms with Crippen LogP contribution in [0, 0.1) is 0 Å². The molecule has 2 fully saturated rings. The summed E-state index contributed by atoms with van der Waals surface area (Å²) in [4.78, 5) is 2.54. The Labute approximate surface area is 118 Å². The van der Waals surface area contributed by atoms with Crippen molar-refractivity contribution in [2.45, 2.75) is 75.9 Å². The van der Waals surface area contributed by atoms with Gasteiger partial charge >= 0.3 is 0 Å². The molecule has 2 N–H and O–H groups in total. The molecule has 1 atom stereocenters. The quantitative estimate of drug-likeness (QED) is 0.852. The van der Waals surface area contributed by atoms with Gasteiger partial charge in [0.1, 0.15) is 0 Å². The van der Waals surface area contributed by atoms with Crippen molar-refractivity contribution in [2.24, 2.45) is 5.73 Å². The normalized spacial score (nSPS) is 28.9. The van der Waals surface area contributed by atoms with Gasteiger partial charge in [-0.2, -0.15) is 0 Å². The topological polar surface area (TPSA) is 38.5 Å². The van der Waals surface area contributed by atoms with E-state index in [4.69, 9.17) is 10.5 Å². The van der Waals surface area contributed by atoms with Gasteiger partial charge < -0.3 is 10.5 Å². The zero-order valence-electron chi connectivity index (χ0n) is 12.7. The van der Waals surface area contributed by atoms with Gasteiger partial charge in [0, 0.05) is 25.2 Å². The minimum Gasteiger partial charge on any atom is -0.377 e. The van der Waals surface area contributed by atoms with E-state index in [1.165, 1.54) is 64.2 Å². The molecule has 19 heavy (non-hydrogen) atoms. The summed E-state index contributed by atoms with van der Waals surface area (Å²) in [5.74, 6) is 0. The second-order valence-electron chi connectivity index (χ2n) is 6.57. The van der Waals surface area contributed by atoms with E-state index >= 15 is 0 Å². The maximum Gasteiger partial charge on any atom is 0.0702 e. The largest absolute Gasteiger partial charge is 0.377 e. The minimum atomic E-state index is 0.237. The fraction of sp³-hybridized carbons (Fsp3) is 1.00. The van der Waals surface area contributed by atoms with Crippen molar-refractivity contribution in [3.8, 4) is 0 Å². The molecule has 3 nitrogen and oxygen atoms in total. The molecular formula is C16H32N2O. The second-order valence-corrected chi connectivity index (χ2v) is 6.57. The van der Waals surface area contributed by atoms with Crippen LogP contribution in [0.4, 0.5) is 0 Å². The zero-order valence-corrected chi connectivity index (χ0v) is 12.7. The maximum atomic E-state index is 6.18.